The van der Waals surface area contributed by atoms with E-state index in [1.54, 1.807) is 4.90 Å². The van der Waals surface area contributed by atoms with E-state index in [4.69, 9.17) is 5.73 Å². The normalized spacial score (nSPS) is 28.8. The van der Waals surface area contributed by atoms with Crippen molar-refractivity contribution in [3.63, 3.8) is 0 Å². The summed E-state index contributed by atoms with van der Waals surface area (Å²) in [6.07, 6.45) is 2.77. The molecule has 1 heterocycles. The van der Waals surface area contributed by atoms with E-state index in [1.807, 2.05) is 13.8 Å². The predicted octanol–water partition coefficient (Wildman–Crippen LogP) is 0.686. The first-order valence-electron chi connectivity index (χ1n) is 7.55. The molecule has 2 fully saturated rings. The second kappa shape index (κ2) is 6.03. The summed E-state index contributed by atoms with van der Waals surface area (Å²) in [6, 6.07) is -0.408. The molecule has 0 radical (unpaired) electrons. The quantitative estimate of drug-likeness (QED) is 0.756. The number of carbonyl (C=O) groups is 3. The van der Waals surface area contributed by atoms with Gasteiger partial charge < -0.3 is 15.4 Å². The van der Waals surface area contributed by atoms with Crippen molar-refractivity contribution in [1.29, 1.82) is 0 Å². The lowest BCUT2D eigenvalue weighted by atomic mass is 9.89. The molecule has 0 aromatic heterocycles. The topological polar surface area (TPSA) is 89.7 Å². The van der Waals surface area contributed by atoms with Gasteiger partial charge in [-0.1, -0.05) is 13.8 Å². The molecule has 2 N–H and O–H groups in total. The summed E-state index contributed by atoms with van der Waals surface area (Å²) in [6.45, 7) is 3.80. The summed E-state index contributed by atoms with van der Waals surface area (Å²) in [7, 11) is 1.31. The molecule has 2 bridgehead atoms. The number of carbonyl (C=O) groups excluding carboxylic acids is 3. The third-order valence-electron chi connectivity index (χ3n) is 4.87. The highest BCUT2D eigenvalue weighted by Crippen LogP contribution is 2.43. The zero-order valence-corrected chi connectivity index (χ0v) is 12.9. The SMILES string of the molecule is COC(=O)C[C@H](C(=O)N1C2CCC(C2)[C@H]1C(N)=O)C(C)C. The molecule has 0 aromatic rings. The van der Waals surface area contributed by atoms with E-state index in [9.17, 15) is 14.4 Å². The molecule has 2 rings (SSSR count). The number of nitrogens with zero attached hydrogens (tertiary/aromatic N) is 1. The van der Waals surface area contributed by atoms with Crippen molar-refractivity contribution in [2.45, 2.75) is 51.6 Å². The van der Waals surface area contributed by atoms with Gasteiger partial charge >= 0.3 is 5.97 Å². The molecular formula is C15H24N2O4. The number of rotatable bonds is 5. The summed E-state index contributed by atoms with van der Waals surface area (Å²) in [4.78, 5) is 37.8. The Balaban J connectivity index is 2.19. The summed E-state index contributed by atoms with van der Waals surface area (Å²) >= 11 is 0. The van der Waals surface area contributed by atoms with Gasteiger partial charge in [-0.3, -0.25) is 14.4 Å². The minimum Gasteiger partial charge on any atom is -0.469 e. The molecule has 1 saturated heterocycles. The Morgan fingerprint density at radius 3 is 2.48 bits per heavy atom. The van der Waals surface area contributed by atoms with Gasteiger partial charge in [-0.15, -0.1) is 0 Å². The van der Waals surface area contributed by atoms with Crippen LogP contribution in [0.2, 0.25) is 0 Å². The lowest BCUT2D eigenvalue weighted by molar-refractivity contribution is -0.151. The lowest BCUT2D eigenvalue weighted by Crippen LogP contribution is -2.54. The predicted molar refractivity (Wildman–Crippen MR) is 75.9 cm³/mol. The van der Waals surface area contributed by atoms with Gasteiger partial charge in [0, 0.05) is 6.04 Å². The van der Waals surface area contributed by atoms with Gasteiger partial charge in [0.2, 0.25) is 11.8 Å². The van der Waals surface area contributed by atoms with Crippen molar-refractivity contribution in [2.75, 3.05) is 7.11 Å². The van der Waals surface area contributed by atoms with Crippen LogP contribution in [0.4, 0.5) is 0 Å². The van der Waals surface area contributed by atoms with E-state index in [0.717, 1.165) is 19.3 Å². The summed E-state index contributed by atoms with van der Waals surface area (Å²) < 4.78 is 4.68. The average Bonchev–Trinajstić information content (AvgIpc) is 3.03. The van der Waals surface area contributed by atoms with Crippen LogP contribution in [0, 0.1) is 17.8 Å². The van der Waals surface area contributed by atoms with Crippen LogP contribution < -0.4 is 5.73 Å². The van der Waals surface area contributed by atoms with E-state index in [2.05, 4.69) is 4.74 Å². The maximum Gasteiger partial charge on any atom is 0.306 e. The standard InChI is InChI=1S/C15H24N2O4/c1-8(2)11(7-12(18)21-3)15(20)17-10-5-4-9(6-10)13(17)14(16)19/h8-11,13H,4-7H2,1-3H3,(H2,16,19)/t9?,10?,11-,13-/m0/s1. The molecule has 2 aliphatic rings. The molecule has 1 aliphatic carbocycles. The van der Waals surface area contributed by atoms with Crippen LogP contribution >= 0.6 is 0 Å². The minimum atomic E-state index is -0.504. The second-order valence-corrected chi connectivity index (χ2v) is 6.45. The first-order chi connectivity index (χ1) is 9.86. The first-order valence-corrected chi connectivity index (χ1v) is 7.55. The maximum atomic E-state index is 12.9. The first kappa shape index (κ1) is 15.8. The zero-order chi connectivity index (χ0) is 15.7. The monoisotopic (exact) mass is 296 g/mol. The Kier molecular flexibility index (Phi) is 4.54. The van der Waals surface area contributed by atoms with E-state index in [-0.39, 0.29) is 30.2 Å². The van der Waals surface area contributed by atoms with Gasteiger partial charge in [0.05, 0.1) is 19.4 Å². The number of primary amides is 1. The minimum absolute atomic E-state index is 0.00394. The molecular weight excluding hydrogens is 272 g/mol. The van der Waals surface area contributed by atoms with Gasteiger partial charge in [-0.05, 0) is 31.1 Å². The molecule has 0 spiro atoms. The average molecular weight is 296 g/mol. The summed E-state index contributed by atoms with van der Waals surface area (Å²) in [5.41, 5.74) is 5.49. The molecule has 6 heteroatoms. The van der Waals surface area contributed by atoms with Crippen molar-refractivity contribution in [3.8, 4) is 0 Å². The fourth-order valence-corrected chi connectivity index (χ4v) is 3.73. The number of esters is 1. The van der Waals surface area contributed by atoms with Gasteiger partial charge in [-0.2, -0.15) is 0 Å². The second-order valence-electron chi connectivity index (χ2n) is 6.45. The number of nitrogens with two attached hydrogens (primary N) is 1. The van der Waals surface area contributed by atoms with E-state index in [1.165, 1.54) is 7.11 Å². The van der Waals surface area contributed by atoms with Gasteiger partial charge in [-0.25, -0.2) is 0 Å². The summed E-state index contributed by atoms with van der Waals surface area (Å²) in [5.74, 6) is -1.24. The van der Waals surface area contributed by atoms with Gasteiger partial charge in [0.15, 0.2) is 0 Å². The van der Waals surface area contributed by atoms with Crippen LogP contribution in [-0.4, -0.2) is 41.9 Å². The lowest BCUT2D eigenvalue weighted by Gasteiger charge is -2.36. The van der Waals surface area contributed by atoms with Gasteiger partial charge in [0.25, 0.3) is 0 Å². The van der Waals surface area contributed by atoms with Gasteiger partial charge in [0.1, 0.15) is 6.04 Å². The zero-order valence-electron chi connectivity index (χ0n) is 12.9. The molecule has 2 unspecified atom stereocenters. The number of hydrogen-bond acceptors (Lipinski definition) is 4. The van der Waals surface area contributed by atoms with Crippen LogP contribution in [0.5, 0.6) is 0 Å². The number of fused-ring (bicyclic) bond motifs is 2. The van der Waals surface area contributed by atoms with Crippen LogP contribution in [-0.2, 0) is 19.1 Å². The smallest absolute Gasteiger partial charge is 0.306 e. The Morgan fingerprint density at radius 2 is 1.95 bits per heavy atom. The Morgan fingerprint density at radius 1 is 1.29 bits per heavy atom. The van der Waals surface area contributed by atoms with Crippen molar-refractivity contribution < 1.29 is 19.1 Å². The Hall–Kier alpha value is -1.59. The molecule has 1 aliphatic heterocycles. The Labute approximate surface area is 125 Å². The van der Waals surface area contributed by atoms with Crippen molar-refractivity contribution >= 4 is 17.8 Å². The molecule has 1 saturated carbocycles. The van der Waals surface area contributed by atoms with E-state index in [0.29, 0.717) is 0 Å². The number of piperidine rings is 1. The van der Waals surface area contributed by atoms with Crippen LogP contribution in [0.15, 0.2) is 0 Å². The molecule has 6 nitrogen and oxygen atoms in total. The number of hydrogen-bond donors (Lipinski definition) is 1. The van der Waals surface area contributed by atoms with Crippen molar-refractivity contribution in [3.05, 3.63) is 0 Å². The highest BCUT2D eigenvalue weighted by molar-refractivity contribution is 5.90. The highest BCUT2D eigenvalue weighted by Gasteiger charge is 2.51. The third-order valence-corrected chi connectivity index (χ3v) is 4.87. The number of ether oxygens (including phenoxy) is 1. The number of amides is 2. The highest BCUT2D eigenvalue weighted by atomic mass is 16.5. The van der Waals surface area contributed by atoms with Crippen LogP contribution in [0.3, 0.4) is 0 Å². The fourth-order valence-electron chi connectivity index (χ4n) is 3.73. The van der Waals surface area contributed by atoms with Crippen molar-refractivity contribution in [1.82, 2.24) is 4.90 Å². The maximum absolute atomic E-state index is 12.9. The molecule has 4 atom stereocenters. The summed E-state index contributed by atoms with van der Waals surface area (Å²) in [5, 5.41) is 0. The molecule has 21 heavy (non-hydrogen) atoms. The Bertz CT molecular complexity index is 449. The fraction of sp³-hybridized carbons (Fsp3) is 0.800. The molecule has 2 amide bonds. The van der Waals surface area contributed by atoms with E-state index < -0.39 is 23.8 Å². The van der Waals surface area contributed by atoms with E-state index >= 15 is 0 Å². The van der Waals surface area contributed by atoms with Crippen LogP contribution in [0.25, 0.3) is 0 Å². The third kappa shape index (κ3) is 2.89. The molecule has 0 aromatic carbocycles. The van der Waals surface area contributed by atoms with Crippen molar-refractivity contribution in [2.24, 2.45) is 23.5 Å². The molecule has 118 valence electrons. The largest absolute Gasteiger partial charge is 0.469 e. The van der Waals surface area contributed by atoms with Crippen LogP contribution in [0.1, 0.15) is 39.5 Å². The number of methoxy groups -OCH3 is 1. The number of likely N-dealkylation sites (tertiary alicyclic amines) is 1.